The Bertz CT molecular complexity index is 878. The zero-order chi connectivity index (χ0) is 17.2. The molecule has 0 saturated heterocycles. The summed E-state index contributed by atoms with van der Waals surface area (Å²) in [7, 11) is -3.16. The third-order valence-electron chi connectivity index (χ3n) is 3.70. The summed E-state index contributed by atoms with van der Waals surface area (Å²) >= 11 is 0. The number of nitrogens with one attached hydrogen (secondary N) is 1. The molecule has 0 spiro atoms. The van der Waals surface area contributed by atoms with Gasteiger partial charge in [0.05, 0.1) is 18.1 Å². The van der Waals surface area contributed by atoms with Gasteiger partial charge in [0, 0.05) is 24.7 Å². The van der Waals surface area contributed by atoms with E-state index < -0.39 is 9.84 Å². The largest absolute Gasteiger partial charge is 0.493 e. The highest BCUT2D eigenvalue weighted by molar-refractivity contribution is 7.90. The van der Waals surface area contributed by atoms with E-state index in [2.05, 4.69) is 10.3 Å². The number of amides is 1. The molecule has 1 aromatic heterocycles. The third-order valence-corrected chi connectivity index (χ3v) is 4.65. The molecule has 1 aromatic carbocycles. The Morgan fingerprint density at radius 1 is 1.29 bits per heavy atom. The van der Waals surface area contributed by atoms with E-state index in [1.165, 1.54) is 0 Å². The van der Waals surface area contributed by atoms with Crippen LogP contribution in [0.5, 0.6) is 5.75 Å². The topological polar surface area (TPSA) is 85.4 Å². The fourth-order valence-corrected chi connectivity index (χ4v) is 3.05. The van der Waals surface area contributed by atoms with Crippen LogP contribution in [0.2, 0.25) is 0 Å². The lowest BCUT2D eigenvalue weighted by atomic mass is 10.1. The van der Waals surface area contributed by atoms with Gasteiger partial charge in [-0.1, -0.05) is 6.07 Å². The first-order valence-corrected chi connectivity index (χ1v) is 9.67. The lowest BCUT2D eigenvalue weighted by Gasteiger charge is -2.08. The predicted molar refractivity (Wildman–Crippen MR) is 91.8 cm³/mol. The van der Waals surface area contributed by atoms with Crippen LogP contribution in [0.4, 0.5) is 5.82 Å². The van der Waals surface area contributed by atoms with Crippen molar-refractivity contribution >= 4 is 21.6 Å². The molecule has 2 heterocycles. The number of anilines is 1. The maximum Gasteiger partial charge on any atom is 0.226 e. The van der Waals surface area contributed by atoms with Crippen LogP contribution in [0, 0.1) is 0 Å². The van der Waals surface area contributed by atoms with Crippen molar-refractivity contribution in [2.45, 2.75) is 12.8 Å². The number of carbonyl (C=O) groups is 1. The molecule has 126 valence electrons. The highest BCUT2D eigenvalue weighted by atomic mass is 32.2. The summed E-state index contributed by atoms with van der Waals surface area (Å²) in [5.74, 6) is 0.766. The quantitative estimate of drug-likeness (QED) is 0.896. The van der Waals surface area contributed by atoms with Crippen LogP contribution in [0.1, 0.15) is 12.0 Å². The summed E-state index contributed by atoms with van der Waals surface area (Å²) in [6.07, 6.45) is 1.91. The SMILES string of the molecule is CS(=O)(=O)CCC(=O)Nc1cccc(-c2ccc3c(c2)CCO3)n1. The van der Waals surface area contributed by atoms with E-state index in [9.17, 15) is 13.2 Å². The molecular weight excluding hydrogens is 328 g/mol. The lowest BCUT2D eigenvalue weighted by Crippen LogP contribution is -2.17. The van der Waals surface area contributed by atoms with Crippen molar-refractivity contribution in [1.82, 2.24) is 4.98 Å². The van der Waals surface area contributed by atoms with Crippen LogP contribution in [-0.4, -0.2) is 37.9 Å². The van der Waals surface area contributed by atoms with Crippen molar-refractivity contribution in [3.8, 4) is 17.0 Å². The average molecular weight is 346 g/mol. The van der Waals surface area contributed by atoms with Crippen LogP contribution in [0.3, 0.4) is 0 Å². The van der Waals surface area contributed by atoms with Gasteiger partial charge < -0.3 is 10.1 Å². The van der Waals surface area contributed by atoms with Gasteiger partial charge in [0.1, 0.15) is 21.4 Å². The molecule has 0 radical (unpaired) electrons. The number of ether oxygens (including phenoxy) is 1. The van der Waals surface area contributed by atoms with E-state index in [-0.39, 0.29) is 18.1 Å². The molecule has 2 aromatic rings. The van der Waals surface area contributed by atoms with Crippen molar-refractivity contribution in [2.75, 3.05) is 23.9 Å². The van der Waals surface area contributed by atoms with Gasteiger partial charge in [-0.3, -0.25) is 4.79 Å². The molecule has 0 bridgehead atoms. The van der Waals surface area contributed by atoms with Gasteiger partial charge in [0.25, 0.3) is 0 Å². The number of hydrogen-bond donors (Lipinski definition) is 1. The summed E-state index contributed by atoms with van der Waals surface area (Å²) in [5, 5.41) is 2.64. The number of pyridine rings is 1. The van der Waals surface area contributed by atoms with E-state index in [0.29, 0.717) is 12.4 Å². The molecule has 0 atom stereocenters. The number of nitrogens with zero attached hydrogens (tertiary/aromatic N) is 1. The molecule has 1 aliphatic rings. The van der Waals surface area contributed by atoms with Crippen molar-refractivity contribution < 1.29 is 17.9 Å². The van der Waals surface area contributed by atoms with E-state index in [1.54, 1.807) is 12.1 Å². The number of fused-ring (bicyclic) bond motifs is 1. The Morgan fingerprint density at radius 3 is 2.92 bits per heavy atom. The Labute approximate surface area is 140 Å². The van der Waals surface area contributed by atoms with Crippen molar-refractivity contribution in [1.29, 1.82) is 0 Å². The molecule has 7 heteroatoms. The second-order valence-corrected chi connectivity index (χ2v) is 8.02. The van der Waals surface area contributed by atoms with Gasteiger partial charge in [-0.15, -0.1) is 0 Å². The fourth-order valence-electron chi connectivity index (χ4n) is 2.49. The standard InChI is InChI=1S/C17H18N2O4S/c1-24(21,22)10-8-17(20)19-16-4-2-3-14(18-16)12-5-6-15-13(11-12)7-9-23-15/h2-6,11H,7-10H2,1H3,(H,18,19,20). The maximum atomic E-state index is 11.8. The number of hydrogen-bond acceptors (Lipinski definition) is 5. The highest BCUT2D eigenvalue weighted by Crippen LogP contribution is 2.30. The van der Waals surface area contributed by atoms with Gasteiger partial charge in [-0.25, -0.2) is 13.4 Å². The number of rotatable bonds is 5. The molecule has 24 heavy (non-hydrogen) atoms. The summed E-state index contributed by atoms with van der Waals surface area (Å²) < 4.78 is 27.7. The molecule has 1 N–H and O–H groups in total. The molecule has 0 fully saturated rings. The zero-order valence-electron chi connectivity index (χ0n) is 13.3. The normalized spacial score (nSPS) is 13.2. The fraction of sp³-hybridized carbons (Fsp3) is 0.294. The second-order valence-electron chi connectivity index (χ2n) is 5.76. The first kappa shape index (κ1) is 16.4. The van der Waals surface area contributed by atoms with E-state index in [0.717, 1.165) is 35.2 Å². The summed E-state index contributed by atoms with van der Waals surface area (Å²) in [6, 6.07) is 11.2. The van der Waals surface area contributed by atoms with Crippen LogP contribution in [-0.2, 0) is 21.1 Å². The molecule has 0 aliphatic carbocycles. The predicted octanol–water partition coefficient (Wildman–Crippen LogP) is 2.06. The van der Waals surface area contributed by atoms with Crippen LogP contribution >= 0.6 is 0 Å². The first-order valence-electron chi connectivity index (χ1n) is 7.61. The van der Waals surface area contributed by atoms with Gasteiger partial charge in [0.15, 0.2) is 0 Å². The molecule has 3 rings (SSSR count). The van der Waals surface area contributed by atoms with E-state index in [1.807, 2.05) is 24.3 Å². The molecule has 1 amide bonds. The van der Waals surface area contributed by atoms with E-state index in [4.69, 9.17) is 4.74 Å². The summed E-state index contributed by atoms with van der Waals surface area (Å²) in [5.41, 5.74) is 2.84. The maximum absolute atomic E-state index is 11.8. The molecule has 0 saturated carbocycles. The molecule has 6 nitrogen and oxygen atoms in total. The minimum Gasteiger partial charge on any atom is -0.493 e. The summed E-state index contributed by atoms with van der Waals surface area (Å²) in [6.45, 7) is 0.697. The number of sulfone groups is 1. The highest BCUT2D eigenvalue weighted by Gasteiger charge is 2.14. The zero-order valence-corrected chi connectivity index (χ0v) is 14.1. The van der Waals surface area contributed by atoms with Gasteiger partial charge in [0.2, 0.25) is 5.91 Å². The molecule has 0 unspecified atom stereocenters. The Balaban J connectivity index is 1.73. The van der Waals surface area contributed by atoms with Crippen LogP contribution in [0.25, 0.3) is 11.3 Å². The monoisotopic (exact) mass is 346 g/mol. The Hall–Kier alpha value is -2.41. The van der Waals surface area contributed by atoms with Gasteiger partial charge >= 0.3 is 0 Å². The Morgan fingerprint density at radius 2 is 2.12 bits per heavy atom. The minimum absolute atomic E-state index is 0.0824. The van der Waals surface area contributed by atoms with Crippen LogP contribution < -0.4 is 10.1 Å². The minimum atomic E-state index is -3.16. The third kappa shape index (κ3) is 4.11. The number of benzene rings is 1. The smallest absolute Gasteiger partial charge is 0.226 e. The first-order chi connectivity index (χ1) is 11.4. The van der Waals surface area contributed by atoms with Crippen molar-refractivity contribution in [3.63, 3.8) is 0 Å². The molecule has 1 aliphatic heterocycles. The number of aromatic nitrogens is 1. The molecular formula is C17H18N2O4S. The van der Waals surface area contributed by atoms with Gasteiger partial charge in [-0.2, -0.15) is 0 Å². The average Bonchev–Trinajstić information content (AvgIpc) is 3.00. The van der Waals surface area contributed by atoms with Crippen molar-refractivity contribution in [2.24, 2.45) is 0 Å². The lowest BCUT2D eigenvalue weighted by molar-refractivity contribution is -0.115. The number of carbonyl (C=O) groups excluding carboxylic acids is 1. The summed E-state index contributed by atoms with van der Waals surface area (Å²) in [4.78, 5) is 16.3. The van der Waals surface area contributed by atoms with Crippen molar-refractivity contribution in [3.05, 3.63) is 42.0 Å². The van der Waals surface area contributed by atoms with Crippen LogP contribution in [0.15, 0.2) is 36.4 Å². The Kier molecular flexibility index (Phi) is 4.53. The van der Waals surface area contributed by atoms with E-state index >= 15 is 0 Å². The van der Waals surface area contributed by atoms with Gasteiger partial charge in [-0.05, 0) is 35.9 Å². The second kappa shape index (κ2) is 6.60.